The fourth-order valence-corrected chi connectivity index (χ4v) is 3.34. The molecule has 2 aliphatic rings. The molecule has 0 aliphatic heterocycles. The summed E-state index contributed by atoms with van der Waals surface area (Å²) in [6.07, 6.45) is 9.14. The van der Waals surface area contributed by atoms with Gasteiger partial charge in [0.2, 0.25) is 5.91 Å². The van der Waals surface area contributed by atoms with E-state index in [-0.39, 0.29) is 18.1 Å². The maximum absolute atomic E-state index is 12.1. The number of ether oxygens (including phenoxy) is 1. The fraction of sp³-hybridized carbons (Fsp3) is 0.933. The highest BCUT2D eigenvalue weighted by molar-refractivity contribution is 5.80. The molecule has 0 aromatic heterocycles. The van der Waals surface area contributed by atoms with Crippen molar-refractivity contribution < 1.29 is 9.53 Å². The Balaban J connectivity index is 1.78. The molecule has 2 aliphatic carbocycles. The molecule has 0 bridgehead atoms. The van der Waals surface area contributed by atoms with E-state index in [0.29, 0.717) is 18.5 Å². The van der Waals surface area contributed by atoms with Crippen molar-refractivity contribution in [3.63, 3.8) is 0 Å². The second kappa shape index (κ2) is 7.25. The zero-order chi connectivity index (χ0) is 13.7. The Kier molecular flexibility index (Phi) is 5.64. The predicted octanol–water partition coefficient (Wildman–Crippen LogP) is 1.97. The highest BCUT2D eigenvalue weighted by Crippen LogP contribution is 2.27. The summed E-state index contributed by atoms with van der Waals surface area (Å²) < 4.78 is 5.97. The van der Waals surface area contributed by atoms with Gasteiger partial charge in [0.25, 0.3) is 0 Å². The lowest BCUT2D eigenvalue weighted by atomic mass is 9.86. The third-order valence-corrected chi connectivity index (χ3v) is 4.59. The second-order valence-electron chi connectivity index (χ2n) is 6.09. The standard InChI is InChI=1S/C15H28N2O2/c1-11(15(18)17-13-7-3-4-8-13)19-14-9-5-2-6-12(14)10-16/h11-14H,2-10,16H2,1H3,(H,17,18). The van der Waals surface area contributed by atoms with Crippen molar-refractivity contribution in [1.82, 2.24) is 5.32 Å². The lowest BCUT2D eigenvalue weighted by molar-refractivity contribution is -0.139. The molecular weight excluding hydrogens is 240 g/mol. The topological polar surface area (TPSA) is 64.3 Å². The highest BCUT2D eigenvalue weighted by atomic mass is 16.5. The van der Waals surface area contributed by atoms with E-state index in [1.54, 1.807) is 0 Å². The molecule has 0 spiro atoms. The van der Waals surface area contributed by atoms with Crippen LogP contribution in [0.2, 0.25) is 0 Å². The fourth-order valence-electron chi connectivity index (χ4n) is 3.34. The van der Waals surface area contributed by atoms with Crippen molar-refractivity contribution >= 4 is 5.91 Å². The lowest BCUT2D eigenvalue weighted by Gasteiger charge is -2.32. The first kappa shape index (κ1) is 14.8. The molecule has 4 nitrogen and oxygen atoms in total. The van der Waals surface area contributed by atoms with Crippen molar-refractivity contribution in [2.75, 3.05) is 6.54 Å². The zero-order valence-corrected chi connectivity index (χ0v) is 12.1. The first-order chi connectivity index (χ1) is 9.20. The maximum Gasteiger partial charge on any atom is 0.249 e. The zero-order valence-electron chi connectivity index (χ0n) is 12.1. The number of hydrogen-bond donors (Lipinski definition) is 2. The Morgan fingerprint density at radius 3 is 2.53 bits per heavy atom. The first-order valence-electron chi connectivity index (χ1n) is 7.86. The van der Waals surface area contributed by atoms with Crippen LogP contribution in [0.3, 0.4) is 0 Å². The van der Waals surface area contributed by atoms with Crippen LogP contribution in [-0.2, 0) is 9.53 Å². The van der Waals surface area contributed by atoms with Gasteiger partial charge in [-0.25, -0.2) is 0 Å². The summed E-state index contributed by atoms with van der Waals surface area (Å²) in [6, 6.07) is 0.371. The summed E-state index contributed by atoms with van der Waals surface area (Å²) in [5.41, 5.74) is 5.80. The van der Waals surface area contributed by atoms with E-state index in [1.165, 1.54) is 25.7 Å². The second-order valence-corrected chi connectivity index (χ2v) is 6.09. The van der Waals surface area contributed by atoms with Gasteiger partial charge in [-0.2, -0.15) is 0 Å². The molecule has 2 rings (SSSR count). The van der Waals surface area contributed by atoms with E-state index in [4.69, 9.17) is 10.5 Å². The molecule has 4 heteroatoms. The SMILES string of the molecule is CC(OC1CCCCC1CN)C(=O)NC1CCCC1. The Hall–Kier alpha value is -0.610. The van der Waals surface area contributed by atoms with Crippen molar-refractivity contribution in [2.45, 2.75) is 76.5 Å². The van der Waals surface area contributed by atoms with Crippen molar-refractivity contribution in [2.24, 2.45) is 11.7 Å². The van der Waals surface area contributed by atoms with Gasteiger partial charge in [0.05, 0.1) is 6.10 Å². The number of hydrogen-bond acceptors (Lipinski definition) is 3. The lowest BCUT2D eigenvalue weighted by Crippen LogP contribution is -2.44. The molecule has 3 N–H and O–H groups in total. The number of nitrogens with one attached hydrogen (secondary N) is 1. The minimum absolute atomic E-state index is 0.0493. The summed E-state index contributed by atoms with van der Waals surface area (Å²) in [7, 11) is 0. The van der Waals surface area contributed by atoms with Gasteiger partial charge in [-0.1, -0.05) is 25.7 Å². The minimum atomic E-state index is -0.349. The molecular formula is C15H28N2O2. The van der Waals surface area contributed by atoms with Crippen LogP contribution >= 0.6 is 0 Å². The smallest absolute Gasteiger partial charge is 0.249 e. The Bertz CT molecular complexity index is 290. The van der Waals surface area contributed by atoms with Crippen LogP contribution in [0.4, 0.5) is 0 Å². The number of nitrogens with two attached hydrogens (primary N) is 1. The maximum atomic E-state index is 12.1. The van der Waals surface area contributed by atoms with Crippen molar-refractivity contribution in [3.05, 3.63) is 0 Å². The number of carbonyl (C=O) groups excluding carboxylic acids is 1. The Morgan fingerprint density at radius 1 is 1.21 bits per heavy atom. The van der Waals surface area contributed by atoms with Crippen LogP contribution < -0.4 is 11.1 Å². The third kappa shape index (κ3) is 4.18. The van der Waals surface area contributed by atoms with E-state index >= 15 is 0 Å². The molecule has 1 amide bonds. The molecule has 0 radical (unpaired) electrons. The molecule has 2 saturated carbocycles. The monoisotopic (exact) mass is 268 g/mol. The molecule has 3 atom stereocenters. The van der Waals surface area contributed by atoms with Crippen LogP contribution in [0.1, 0.15) is 58.3 Å². The molecule has 110 valence electrons. The van der Waals surface area contributed by atoms with E-state index in [1.807, 2.05) is 6.92 Å². The van der Waals surface area contributed by atoms with Gasteiger partial charge in [0.15, 0.2) is 0 Å². The van der Waals surface area contributed by atoms with E-state index in [9.17, 15) is 4.79 Å². The van der Waals surface area contributed by atoms with E-state index < -0.39 is 0 Å². The summed E-state index contributed by atoms with van der Waals surface area (Å²) in [6.45, 7) is 2.54. The van der Waals surface area contributed by atoms with Crippen LogP contribution in [0, 0.1) is 5.92 Å². The molecule has 0 aromatic rings. The molecule has 19 heavy (non-hydrogen) atoms. The normalized spacial score (nSPS) is 30.2. The van der Waals surface area contributed by atoms with Gasteiger partial charge < -0.3 is 15.8 Å². The van der Waals surface area contributed by atoms with Gasteiger partial charge >= 0.3 is 0 Å². The van der Waals surface area contributed by atoms with Crippen LogP contribution in [0.5, 0.6) is 0 Å². The van der Waals surface area contributed by atoms with Gasteiger partial charge in [0.1, 0.15) is 6.10 Å². The average molecular weight is 268 g/mol. The van der Waals surface area contributed by atoms with Gasteiger partial charge in [-0.3, -0.25) is 4.79 Å². The summed E-state index contributed by atoms with van der Waals surface area (Å²) in [5.74, 6) is 0.476. The molecule has 0 heterocycles. The molecule has 2 fully saturated rings. The van der Waals surface area contributed by atoms with Crippen LogP contribution in [0.25, 0.3) is 0 Å². The van der Waals surface area contributed by atoms with Gasteiger partial charge in [-0.05, 0) is 45.1 Å². The average Bonchev–Trinajstić information content (AvgIpc) is 2.92. The summed E-state index contributed by atoms with van der Waals surface area (Å²) in [5, 5.41) is 3.11. The Labute approximate surface area is 116 Å². The molecule has 3 unspecified atom stereocenters. The first-order valence-corrected chi connectivity index (χ1v) is 7.86. The predicted molar refractivity (Wildman–Crippen MR) is 75.7 cm³/mol. The van der Waals surface area contributed by atoms with Crippen molar-refractivity contribution in [1.29, 1.82) is 0 Å². The minimum Gasteiger partial charge on any atom is -0.365 e. The summed E-state index contributed by atoms with van der Waals surface area (Å²) in [4.78, 5) is 12.1. The quantitative estimate of drug-likeness (QED) is 0.801. The van der Waals surface area contributed by atoms with Gasteiger partial charge in [-0.15, -0.1) is 0 Å². The number of rotatable bonds is 5. The van der Waals surface area contributed by atoms with E-state index in [0.717, 1.165) is 25.7 Å². The van der Waals surface area contributed by atoms with Crippen LogP contribution in [0.15, 0.2) is 0 Å². The molecule has 0 saturated heterocycles. The Morgan fingerprint density at radius 2 is 1.84 bits per heavy atom. The number of amides is 1. The number of carbonyl (C=O) groups is 1. The van der Waals surface area contributed by atoms with Crippen molar-refractivity contribution in [3.8, 4) is 0 Å². The molecule has 0 aromatic carbocycles. The van der Waals surface area contributed by atoms with E-state index in [2.05, 4.69) is 5.32 Å². The van der Waals surface area contributed by atoms with Gasteiger partial charge in [0, 0.05) is 6.04 Å². The summed E-state index contributed by atoms with van der Waals surface area (Å²) >= 11 is 0. The third-order valence-electron chi connectivity index (χ3n) is 4.59. The highest BCUT2D eigenvalue weighted by Gasteiger charge is 2.29. The van der Waals surface area contributed by atoms with Crippen LogP contribution in [-0.4, -0.2) is 30.7 Å². The largest absolute Gasteiger partial charge is 0.365 e.